The van der Waals surface area contributed by atoms with Crippen LogP contribution in [0, 0.1) is 13.8 Å². The van der Waals surface area contributed by atoms with Crippen molar-refractivity contribution in [3.05, 3.63) is 58.1 Å². The van der Waals surface area contributed by atoms with Crippen LogP contribution >= 0.6 is 11.6 Å². The molecule has 0 fully saturated rings. The Morgan fingerprint density at radius 3 is 2.53 bits per heavy atom. The lowest BCUT2D eigenvalue weighted by Crippen LogP contribution is -2.04. The van der Waals surface area contributed by atoms with Crippen LogP contribution in [0.5, 0.6) is 0 Å². The summed E-state index contributed by atoms with van der Waals surface area (Å²) in [4.78, 5) is 11.2. The van der Waals surface area contributed by atoms with Crippen LogP contribution in [0.2, 0.25) is 5.02 Å². The van der Waals surface area contributed by atoms with E-state index in [2.05, 4.69) is 5.32 Å². The molecular weight excluding hydrogens is 262 g/mol. The summed E-state index contributed by atoms with van der Waals surface area (Å²) in [5.74, 6) is -0.953. The Morgan fingerprint density at radius 2 is 1.84 bits per heavy atom. The predicted octanol–water partition coefficient (Wildman–Crippen LogP) is 4.40. The highest BCUT2D eigenvalue weighted by atomic mass is 35.5. The van der Waals surface area contributed by atoms with Crippen LogP contribution in [0.25, 0.3) is 0 Å². The largest absolute Gasteiger partial charge is 0.478 e. The van der Waals surface area contributed by atoms with Gasteiger partial charge >= 0.3 is 5.97 Å². The lowest BCUT2D eigenvalue weighted by atomic mass is 10.1. The summed E-state index contributed by atoms with van der Waals surface area (Å²) in [6, 6.07) is 10.7. The van der Waals surface area contributed by atoms with E-state index >= 15 is 0 Å². The van der Waals surface area contributed by atoms with E-state index in [1.807, 2.05) is 26.0 Å². The Morgan fingerprint density at radius 1 is 1.11 bits per heavy atom. The monoisotopic (exact) mass is 275 g/mol. The summed E-state index contributed by atoms with van der Waals surface area (Å²) in [6.07, 6.45) is 0. The number of hydrogen-bond acceptors (Lipinski definition) is 2. The molecule has 2 aromatic rings. The van der Waals surface area contributed by atoms with Gasteiger partial charge in [-0.3, -0.25) is 0 Å². The van der Waals surface area contributed by atoms with E-state index < -0.39 is 5.97 Å². The summed E-state index contributed by atoms with van der Waals surface area (Å²) in [5, 5.41) is 13.0. The van der Waals surface area contributed by atoms with E-state index in [1.165, 1.54) is 0 Å². The number of rotatable bonds is 3. The third-order valence-electron chi connectivity index (χ3n) is 2.87. The maximum atomic E-state index is 11.2. The second-order valence-corrected chi connectivity index (χ2v) is 4.87. The number of benzene rings is 2. The minimum Gasteiger partial charge on any atom is -0.478 e. The van der Waals surface area contributed by atoms with Crippen molar-refractivity contribution in [2.75, 3.05) is 5.32 Å². The molecule has 0 saturated carbocycles. The highest BCUT2D eigenvalue weighted by Gasteiger charge is 2.11. The first-order valence-electron chi connectivity index (χ1n) is 5.84. The van der Waals surface area contributed by atoms with Crippen LogP contribution in [-0.4, -0.2) is 11.1 Å². The SMILES string of the molecule is Cc1ccc(Nc2cc(Cl)ccc2C)c(C(=O)O)c1. The van der Waals surface area contributed by atoms with Gasteiger partial charge in [0.1, 0.15) is 0 Å². The molecule has 0 aromatic heterocycles. The lowest BCUT2D eigenvalue weighted by molar-refractivity contribution is 0.0698. The molecule has 0 heterocycles. The average Bonchev–Trinajstić information content (AvgIpc) is 2.35. The number of aromatic carboxylic acids is 1. The number of carbonyl (C=O) groups is 1. The zero-order valence-electron chi connectivity index (χ0n) is 10.7. The Labute approximate surface area is 116 Å². The molecule has 0 atom stereocenters. The number of hydrogen-bond donors (Lipinski definition) is 2. The molecule has 2 aromatic carbocycles. The van der Waals surface area contributed by atoms with E-state index in [-0.39, 0.29) is 5.56 Å². The summed E-state index contributed by atoms with van der Waals surface area (Å²) in [6.45, 7) is 3.80. The minimum absolute atomic E-state index is 0.249. The van der Waals surface area contributed by atoms with Gasteiger partial charge < -0.3 is 10.4 Å². The van der Waals surface area contributed by atoms with Crippen LogP contribution < -0.4 is 5.32 Å². The Hall–Kier alpha value is -2.00. The molecule has 4 heteroatoms. The molecule has 0 aliphatic heterocycles. The highest BCUT2D eigenvalue weighted by molar-refractivity contribution is 6.30. The van der Waals surface area contributed by atoms with Crippen molar-refractivity contribution < 1.29 is 9.90 Å². The number of halogens is 1. The van der Waals surface area contributed by atoms with Gasteiger partial charge in [-0.1, -0.05) is 29.3 Å². The average molecular weight is 276 g/mol. The van der Waals surface area contributed by atoms with Crippen molar-refractivity contribution in [1.82, 2.24) is 0 Å². The molecule has 98 valence electrons. The number of nitrogens with one attached hydrogen (secondary N) is 1. The molecule has 0 aliphatic rings. The molecule has 19 heavy (non-hydrogen) atoms. The van der Waals surface area contributed by atoms with Crippen LogP contribution in [0.4, 0.5) is 11.4 Å². The first kappa shape index (κ1) is 13.4. The van der Waals surface area contributed by atoms with Gasteiger partial charge in [0.15, 0.2) is 0 Å². The van der Waals surface area contributed by atoms with Gasteiger partial charge in [0.25, 0.3) is 0 Å². The quantitative estimate of drug-likeness (QED) is 0.873. The normalized spacial score (nSPS) is 10.3. The lowest BCUT2D eigenvalue weighted by Gasteiger charge is -2.13. The fourth-order valence-electron chi connectivity index (χ4n) is 1.82. The Balaban J connectivity index is 2.43. The Bertz CT molecular complexity index is 638. The van der Waals surface area contributed by atoms with Gasteiger partial charge in [0, 0.05) is 10.7 Å². The summed E-state index contributed by atoms with van der Waals surface area (Å²) in [5.41, 5.74) is 3.52. The van der Waals surface area contributed by atoms with Gasteiger partial charge in [-0.05, 0) is 43.7 Å². The molecule has 0 saturated heterocycles. The van der Waals surface area contributed by atoms with E-state index in [0.717, 1.165) is 16.8 Å². The number of carboxylic acid groups (broad SMARTS) is 1. The maximum Gasteiger partial charge on any atom is 0.337 e. The molecule has 2 rings (SSSR count). The predicted molar refractivity (Wildman–Crippen MR) is 77.6 cm³/mol. The van der Waals surface area contributed by atoms with Gasteiger partial charge in [-0.25, -0.2) is 4.79 Å². The van der Waals surface area contributed by atoms with E-state index in [4.69, 9.17) is 11.6 Å². The molecule has 3 nitrogen and oxygen atoms in total. The third kappa shape index (κ3) is 3.06. The zero-order valence-corrected chi connectivity index (χ0v) is 11.5. The topological polar surface area (TPSA) is 49.3 Å². The number of aryl methyl sites for hydroxylation is 2. The highest BCUT2D eigenvalue weighted by Crippen LogP contribution is 2.26. The second kappa shape index (κ2) is 5.33. The van der Waals surface area contributed by atoms with Crippen molar-refractivity contribution >= 4 is 28.9 Å². The Kier molecular flexibility index (Phi) is 3.76. The number of carboxylic acids is 1. The van der Waals surface area contributed by atoms with Gasteiger partial charge in [0.05, 0.1) is 11.3 Å². The molecule has 0 radical (unpaired) electrons. The van der Waals surface area contributed by atoms with Crippen LogP contribution in [0.3, 0.4) is 0 Å². The van der Waals surface area contributed by atoms with Gasteiger partial charge in [0.2, 0.25) is 0 Å². The standard InChI is InChI=1S/C15H14ClNO2/c1-9-3-6-13(12(7-9)15(18)19)17-14-8-11(16)5-4-10(14)2/h3-8,17H,1-2H3,(H,18,19). The first-order valence-corrected chi connectivity index (χ1v) is 6.22. The fourth-order valence-corrected chi connectivity index (χ4v) is 1.99. The van der Waals surface area contributed by atoms with Crippen LogP contribution in [0.1, 0.15) is 21.5 Å². The van der Waals surface area contributed by atoms with Crippen molar-refractivity contribution in [2.24, 2.45) is 0 Å². The molecule has 2 N–H and O–H groups in total. The molecular formula is C15H14ClNO2. The molecule has 0 unspecified atom stereocenters. The maximum absolute atomic E-state index is 11.2. The second-order valence-electron chi connectivity index (χ2n) is 4.44. The molecule has 0 spiro atoms. The number of anilines is 2. The molecule has 0 bridgehead atoms. The van der Waals surface area contributed by atoms with E-state index in [9.17, 15) is 9.90 Å². The van der Waals surface area contributed by atoms with Gasteiger partial charge in [-0.15, -0.1) is 0 Å². The first-order chi connectivity index (χ1) is 8.97. The zero-order chi connectivity index (χ0) is 14.0. The molecule has 0 amide bonds. The van der Waals surface area contributed by atoms with Crippen molar-refractivity contribution in [2.45, 2.75) is 13.8 Å². The molecule has 0 aliphatic carbocycles. The summed E-state index contributed by atoms with van der Waals surface area (Å²) in [7, 11) is 0. The summed E-state index contributed by atoms with van der Waals surface area (Å²) >= 11 is 5.95. The van der Waals surface area contributed by atoms with E-state index in [1.54, 1.807) is 24.3 Å². The van der Waals surface area contributed by atoms with Crippen LogP contribution in [0.15, 0.2) is 36.4 Å². The van der Waals surface area contributed by atoms with Crippen molar-refractivity contribution in [3.63, 3.8) is 0 Å². The van der Waals surface area contributed by atoms with Crippen molar-refractivity contribution in [1.29, 1.82) is 0 Å². The smallest absolute Gasteiger partial charge is 0.337 e. The minimum atomic E-state index is -0.953. The van der Waals surface area contributed by atoms with Crippen LogP contribution in [-0.2, 0) is 0 Å². The van der Waals surface area contributed by atoms with E-state index in [0.29, 0.717) is 10.7 Å². The van der Waals surface area contributed by atoms with Gasteiger partial charge in [-0.2, -0.15) is 0 Å². The van der Waals surface area contributed by atoms with Crippen molar-refractivity contribution in [3.8, 4) is 0 Å². The fraction of sp³-hybridized carbons (Fsp3) is 0.133. The summed E-state index contributed by atoms with van der Waals surface area (Å²) < 4.78 is 0. The third-order valence-corrected chi connectivity index (χ3v) is 3.11.